The molecule has 176 valence electrons. The Morgan fingerprint density at radius 3 is 2.68 bits per heavy atom. The number of halogens is 4. The van der Waals surface area contributed by atoms with Gasteiger partial charge in [-0.25, -0.2) is 9.37 Å². The van der Waals surface area contributed by atoms with E-state index in [-0.39, 0.29) is 17.9 Å². The molecule has 0 unspecified atom stereocenters. The van der Waals surface area contributed by atoms with Gasteiger partial charge in [-0.15, -0.1) is 0 Å². The van der Waals surface area contributed by atoms with Gasteiger partial charge in [-0.3, -0.25) is 19.5 Å². The minimum Gasteiger partial charge on any atom is -0.378 e. The lowest BCUT2D eigenvalue weighted by molar-refractivity contribution is -0.141. The molecule has 4 rings (SSSR count). The van der Waals surface area contributed by atoms with E-state index >= 15 is 0 Å². The molecule has 2 N–H and O–H groups in total. The molecule has 0 spiro atoms. The van der Waals surface area contributed by atoms with Crippen LogP contribution in [0.5, 0.6) is 0 Å². The number of hydrogen-bond donors (Lipinski definition) is 2. The van der Waals surface area contributed by atoms with Crippen LogP contribution < -0.4 is 10.6 Å². The average molecular weight is 473 g/mol. The van der Waals surface area contributed by atoms with Crippen LogP contribution in [0.2, 0.25) is 0 Å². The van der Waals surface area contributed by atoms with E-state index in [2.05, 4.69) is 30.7 Å². The van der Waals surface area contributed by atoms with E-state index in [1.54, 1.807) is 26.3 Å². The summed E-state index contributed by atoms with van der Waals surface area (Å²) in [4.78, 5) is 23.9. The highest BCUT2D eigenvalue weighted by Gasteiger charge is 2.33. The van der Waals surface area contributed by atoms with E-state index in [1.165, 1.54) is 23.0 Å². The number of pyridine rings is 2. The van der Waals surface area contributed by atoms with Crippen LogP contribution in [0.3, 0.4) is 0 Å². The predicted octanol–water partition coefficient (Wildman–Crippen LogP) is 3.73. The predicted molar refractivity (Wildman–Crippen MR) is 117 cm³/mol. The van der Waals surface area contributed by atoms with E-state index in [1.807, 2.05) is 0 Å². The van der Waals surface area contributed by atoms with Crippen molar-refractivity contribution in [3.63, 3.8) is 0 Å². The Morgan fingerprint density at radius 2 is 2.00 bits per heavy atom. The summed E-state index contributed by atoms with van der Waals surface area (Å²) in [7, 11) is 0. The highest BCUT2D eigenvalue weighted by atomic mass is 19.4. The lowest BCUT2D eigenvalue weighted by Crippen LogP contribution is -2.22. The molecule has 0 radical (unpaired) electrons. The van der Waals surface area contributed by atoms with E-state index in [9.17, 15) is 22.4 Å². The number of alkyl halides is 3. The number of aliphatic imine (C=N–C) groups is 1. The van der Waals surface area contributed by atoms with E-state index in [0.717, 1.165) is 12.3 Å². The SMILES string of the molecule is Cc1nn(CC(=O)Nc2ncc(C3=CN=CCN3)cc2F)c(C)c1-c1ccnc(C(F)(F)F)c1. The van der Waals surface area contributed by atoms with Gasteiger partial charge < -0.3 is 10.6 Å². The third kappa shape index (κ3) is 4.80. The fraction of sp³-hybridized carbons (Fsp3) is 0.227. The van der Waals surface area contributed by atoms with Gasteiger partial charge in [0.1, 0.15) is 12.2 Å². The Hall–Kier alpha value is -4.09. The van der Waals surface area contributed by atoms with Crippen LogP contribution in [0.1, 0.15) is 22.6 Å². The molecule has 0 saturated heterocycles. The third-order valence-electron chi connectivity index (χ3n) is 5.12. The number of carbonyl (C=O) groups excluding carboxylic acids is 1. The maximum absolute atomic E-state index is 14.5. The minimum absolute atomic E-state index is 0.251. The highest BCUT2D eigenvalue weighted by Crippen LogP contribution is 2.33. The van der Waals surface area contributed by atoms with Gasteiger partial charge in [0.25, 0.3) is 0 Å². The minimum atomic E-state index is -4.59. The van der Waals surface area contributed by atoms with E-state index in [4.69, 9.17) is 0 Å². The van der Waals surface area contributed by atoms with Gasteiger partial charge in [0.2, 0.25) is 5.91 Å². The lowest BCUT2D eigenvalue weighted by atomic mass is 10.0. The van der Waals surface area contributed by atoms with Gasteiger partial charge in [-0.1, -0.05) is 0 Å². The molecule has 8 nitrogen and oxygen atoms in total. The smallest absolute Gasteiger partial charge is 0.378 e. The molecule has 0 atom stereocenters. The normalized spacial score (nSPS) is 13.4. The van der Waals surface area contributed by atoms with Crippen LogP contribution in [-0.4, -0.2) is 38.4 Å². The summed E-state index contributed by atoms with van der Waals surface area (Å²) in [5, 5.41) is 9.70. The second-order valence-corrected chi connectivity index (χ2v) is 7.49. The van der Waals surface area contributed by atoms with Crippen LogP contribution in [-0.2, 0) is 17.5 Å². The van der Waals surface area contributed by atoms with Crippen LogP contribution in [0.15, 0.2) is 41.8 Å². The van der Waals surface area contributed by atoms with Gasteiger partial charge >= 0.3 is 6.18 Å². The molecule has 0 aliphatic carbocycles. The largest absolute Gasteiger partial charge is 0.433 e. The summed E-state index contributed by atoms with van der Waals surface area (Å²) in [5.41, 5.74) is 1.72. The van der Waals surface area contributed by atoms with Crippen molar-refractivity contribution in [3.8, 4) is 11.1 Å². The number of anilines is 1. The maximum Gasteiger partial charge on any atom is 0.433 e. The number of aromatic nitrogens is 4. The first-order chi connectivity index (χ1) is 16.1. The molecule has 1 aliphatic rings. The number of carbonyl (C=O) groups is 1. The molecule has 3 aromatic rings. The number of aryl methyl sites for hydroxylation is 1. The fourth-order valence-electron chi connectivity index (χ4n) is 3.55. The van der Waals surface area contributed by atoms with Gasteiger partial charge in [-0.2, -0.15) is 18.3 Å². The van der Waals surface area contributed by atoms with Crippen LogP contribution >= 0.6 is 0 Å². The quantitative estimate of drug-likeness (QED) is 0.551. The molecule has 12 heteroatoms. The standard InChI is InChI=1S/C22H19F4N7O/c1-12-20(14-3-4-29-18(8-14)22(24,25)26)13(2)33(32-12)11-19(34)31-21-16(23)7-15(9-30-21)17-10-27-5-6-28-17/h3-5,7-10,28H,6,11H2,1-2H3,(H,30,31,34). The fourth-order valence-corrected chi connectivity index (χ4v) is 3.55. The highest BCUT2D eigenvalue weighted by molar-refractivity contribution is 5.90. The van der Waals surface area contributed by atoms with Crippen LogP contribution in [0, 0.1) is 19.7 Å². The second kappa shape index (κ2) is 9.04. The molecule has 1 aliphatic heterocycles. The molecule has 0 saturated carbocycles. The van der Waals surface area contributed by atoms with E-state index in [0.29, 0.717) is 34.8 Å². The van der Waals surface area contributed by atoms with Crippen molar-refractivity contribution in [3.05, 3.63) is 65.3 Å². The first-order valence-electron chi connectivity index (χ1n) is 10.1. The molecule has 0 aromatic carbocycles. The number of hydrogen-bond acceptors (Lipinski definition) is 6. The zero-order chi connectivity index (χ0) is 24.5. The maximum atomic E-state index is 14.5. The van der Waals surface area contributed by atoms with Gasteiger partial charge in [0.05, 0.1) is 24.1 Å². The molecular weight excluding hydrogens is 454 g/mol. The van der Waals surface area contributed by atoms with Crippen LogP contribution in [0.25, 0.3) is 16.8 Å². The molecule has 34 heavy (non-hydrogen) atoms. The molecular formula is C22H19F4N7O. The summed E-state index contributed by atoms with van der Waals surface area (Å²) in [6, 6.07) is 3.61. The number of rotatable bonds is 5. The van der Waals surface area contributed by atoms with Gasteiger partial charge in [0, 0.05) is 35.4 Å². The summed E-state index contributed by atoms with van der Waals surface area (Å²) in [6.45, 7) is 3.49. The molecule has 4 heterocycles. The van der Waals surface area contributed by atoms with Crippen LogP contribution in [0.4, 0.5) is 23.4 Å². The molecule has 0 bridgehead atoms. The summed E-state index contributed by atoms with van der Waals surface area (Å²) in [5.74, 6) is -1.57. The zero-order valence-corrected chi connectivity index (χ0v) is 18.1. The number of amides is 1. The lowest BCUT2D eigenvalue weighted by Gasteiger charge is -2.12. The molecule has 0 fully saturated rings. The van der Waals surface area contributed by atoms with Crippen molar-refractivity contribution in [2.24, 2.45) is 4.99 Å². The van der Waals surface area contributed by atoms with Crippen molar-refractivity contribution < 1.29 is 22.4 Å². The molecule has 1 amide bonds. The van der Waals surface area contributed by atoms with Gasteiger partial charge in [-0.05, 0) is 37.6 Å². The number of nitrogens with zero attached hydrogens (tertiary/aromatic N) is 5. The summed E-state index contributed by atoms with van der Waals surface area (Å²) >= 11 is 0. The third-order valence-corrected chi connectivity index (χ3v) is 5.12. The van der Waals surface area contributed by atoms with E-state index < -0.39 is 23.6 Å². The Labute approximate surface area is 191 Å². The Bertz CT molecular complexity index is 1310. The Kier molecular flexibility index (Phi) is 6.14. The summed E-state index contributed by atoms with van der Waals surface area (Å²) < 4.78 is 55.0. The van der Waals surface area contributed by atoms with Crippen molar-refractivity contribution in [1.82, 2.24) is 25.1 Å². The Morgan fingerprint density at radius 1 is 1.21 bits per heavy atom. The van der Waals surface area contributed by atoms with Crippen molar-refractivity contribution in [2.45, 2.75) is 26.6 Å². The van der Waals surface area contributed by atoms with Gasteiger partial charge in [0.15, 0.2) is 11.6 Å². The average Bonchev–Trinajstić information content (AvgIpc) is 3.07. The monoisotopic (exact) mass is 473 g/mol. The topological polar surface area (TPSA) is 97.1 Å². The first-order valence-corrected chi connectivity index (χ1v) is 10.1. The molecule has 3 aromatic heterocycles. The number of nitrogens with one attached hydrogen (secondary N) is 2. The Balaban J connectivity index is 1.51. The van der Waals surface area contributed by atoms with Crippen molar-refractivity contribution in [2.75, 3.05) is 11.9 Å². The summed E-state index contributed by atoms with van der Waals surface area (Å²) in [6.07, 6.45) is 1.10. The first kappa shape index (κ1) is 23.1. The van der Waals surface area contributed by atoms with Crippen molar-refractivity contribution >= 4 is 23.6 Å². The zero-order valence-electron chi connectivity index (χ0n) is 18.1. The second-order valence-electron chi connectivity index (χ2n) is 7.49. The van der Waals surface area contributed by atoms with Crippen molar-refractivity contribution in [1.29, 1.82) is 0 Å².